The van der Waals surface area contributed by atoms with Crippen LogP contribution in [0.15, 0.2) is 54.6 Å². The number of hydrogen-bond acceptors (Lipinski definition) is 3. The monoisotopic (exact) mass is 313 g/mol. The molecule has 0 saturated heterocycles. The number of rotatable bonds is 3. The summed E-state index contributed by atoms with van der Waals surface area (Å²) in [5.74, 6) is 0.573. The van der Waals surface area contributed by atoms with E-state index in [1.807, 2.05) is 36.4 Å². The van der Waals surface area contributed by atoms with Crippen LogP contribution in [0.4, 0.5) is 5.69 Å². The molecular formula is C17H12ClNO3. The van der Waals surface area contributed by atoms with E-state index in [-0.39, 0.29) is 5.69 Å². The quantitative estimate of drug-likeness (QED) is 0.500. The second-order valence-corrected chi connectivity index (χ2v) is 5.25. The number of fused-ring (bicyclic) bond motifs is 1. The summed E-state index contributed by atoms with van der Waals surface area (Å²) in [4.78, 5) is 10.9. The molecule has 0 saturated carbocycles. The summed E-state index contributed by atoms with van der Waals surface area (Å²) in [7, 11) is 1.55. The molecule has 0 heterocycles. The molecule has 3 aromatic carbocycles. The van der Waals surface area contributed by atoms with Gasteiger partial charge in [-0.05, 0) is 35.0 Å². The van der Waals surface area contributed by atoms with Crippen LogP contribution in [0.5, 0.6) is 5.75 Å². The Morgan fingerprint density at radius 1 is 1.00 bits per heavy atom. The highest BCUT2D eigenvalue weighted by Crippen LogP contribution is 2.39. The van der Waals surface area contributed by atoms with Gasteiger partial charge in [-0.25, -0.2) is 0 Å². The summed E-state index contributed by atoms with van der Waals surface area (Å²) in [5.41, 5.74) is 1.09. The van der Waals surface area contributed by atoms with Crippen molar-refractivity contribution in [2.75, 3.05) is 7.11 Å². The number of nitro groups is 1. The lowest BCUT2D eigenvalue weighted by atomic mass is 9.98. The first-order chi connectivity index (χ1) is 10.6. The van der Waals surface area contributed by atoms with Crippen LogP contribution >= 0.6 is 11.6 Å². The van der Waals surface area contributed by atoms with Crippen LogP contribution in [0.3, 0.4) is 0 Å². The highest BCUT2D eigenvalue weighted by atomic mass is 35.5. The fourth-order valence-corrected chi connectivity index (χ4v) is 2.65. The van der Waals surface area contributed by atoms with Crippen LogP contribution in [0.2, 0.25) is 5.02 Å². The first kappa shape index (κ1) is 14.4. The smallest absolute Gasteiger partial charge is 0.277 e. The van der Waals surface area contributed by atoms with Crippen molar-refractivity contribution in [3.8, 4) is 16.9 Å². The largest absolute Gasteiger partial charge is 0.496 e. The molecule has 0 aromatic heterocycles. The number of methoxy groups -OCH3 is 1. The van der Waals surface area contributed by atoms with E-state index >= 15 is 0 Å². The van der Waals surface area contributed by atoms with Gasteiger partial charge in [0.25, 0.3) is 5.69 Å². The van der Waals surface area contributed by atoms with Gasteiger partial charge in [0.05, 0.1) is 17.6 Å². The second-order valence-electron chi connectivity index (χ2n) is 4.82. The Kier molecular flexibility index (Phi) is 3.69. The summed E-state index contributed by atoms with van der Waals surface area (Å²) in [5, 5.41) is 13.7. The van der Waals surface area contributed by atoms with Crippen LogP contribution in [0.25, 0.3) is 21.9 Å². The second kappa shape index (κ2) is 5.66. The first-order valence-electron chi connectivity index (χ1n) is 6.61. The van der Waals surface area contributed by atoms with Crippen LogP contribution < -0.4 is 4.74 Å². The Hall–Kier alpha value is -2.59. The molecule has 0 aliphatic carbocycles. The van der Waals surface area contributed by atoms with Gasteiger partial charge in [0.2, 0.25) is 0 Å². The van der Waals surface area contributed by atoms with Crippen molar-refractivity contribution in [1.29, 1.82) is 0 Å². The van der Waals surface area contributed by atoms with Gasteiger partial charge in [-0.3, -0.25) is 10.1 Å². The highest BCUT2D eigenvalue weighted by Gasteiger charge is 2.19. The Labute approximate surface area is 132 Å². The lowest BCUT2D eigenvalue weighted by Crippen LogP contribution is -1.94. The molecule has 5 heteroatoms. The molecule has 0 N–H and O–H groups in total. The normalized spacial score (nSPS) is 10.6. The van der Waals surface area contributed by atoms with E-state index in [0.717, 1.165) is 10.8 Å². The molecule has 0 radical (unpaired) electrons. The average molecular weight is 314 g/mol. The van der Waals surface area contributed by atoms with Crippen molar-refractivity contribution in [1.82, 2.24) is 0 Å². The van der Waals surface area contributed by atoms with Gasteiger partial charge in [0.1, 0.15) is 5.75 Å². The van der Waals surface area contributed by atoms with Crippen molar-refractivity contribution in [3.05, 3.63) is 69.7 Å². The molecule has 0 bridgehead atoms. The summed E-state index contributed by atoms with van der Waals surface area (Å²) in [6.07, 6.45) is 0. The zero-order valence-electron chi connectivity index (χ0n) is 11.7. The SMILES string of the molecule is COc1cc2ccccc2cc1-c1cc(Cl)ccc1[N+](=O)[O-]. The Bertz CT molecular complexity index is 877. The highest BCUT2D eigenvalue weighted by molar-refractivity contribution is 6.31. The van der Waals surface area contributed by atoms with Gasteiger partial charge in [0.15, 0.2) is 0 Å². The lowest BCUT2D eigenvalue weighted by Gasteiger charge is -2.11. The molecule has 0 aliphatic rings. The van der Waals surface area contributed by atoms with Gasteiger partial charge >= 0.3 is 0 Å². The number of nitro benzene ring substituents is 1. The van der Waals surface area contributed by atoms with Crippen molar-refractivity contribution < 1.29 is 9.66 Å². The molecule has 0 atom stereocenters. The van der Waals surface area contributed by atoms with Crippen molar-refractivity contribution in [2.45, 2.75) is 0 Å². The minimum Gasteiger partial charge on any atom is -0.496 e. The van der Waals surface area contributed by atoms with Crippen LogP contribution in [0.1, 0.15) is 0 Å². The number of benzene rings is 3. The molecule has 3 aromatic rings. The first-order valence-corrected chi connectivity index (χ1v) is 6.99. The topological polar surface area (TPSA) is 52.4 Å². The molecule has 0 unspecified atom stereocenters. The zero-order valence-corrected chi connectivity index (χ0v) is 12.5. The average Bonchev–Trinajstić information content (AvgIpc) is 2.53. The predicted octanol–water partition coefficient (Wildman–Crippen LogP) is 5.08. The Balaban J connectivity index is 2.34. The summed E-state index contributed by atoms with van der Waals surface area (Å²) in [6.45, 7) is 0. The van der Waals surface area contributed by atoms with E-state index < -0.39 is 4.92 Å². The van der Waals surface area contributed by atoms with E-state index in [2.05, 4.69) is 0 Å². The van der Waals surface area contributed by atoms with E-state index in [0.29, 0.717) is 21.9 Å². The zero-order chi connectivity index (χ0) is 15.7. The molecular weight excluding hydrogens is 302 g/mol. The summed E-state index contributed by atoms with van der Waals surface area (Å²) < 4.78 is 5.42. The predicted molar refractivity (Wildman–Crippen MR) is 87.6 cm³/mol. The van der Waals surface area contributed by atoms with Crippen LogP contribution in [-0.2, 0) is 0 Å². The molecule has 0 fully saturated rings. The van der Waals surface area contributed by atoms with Gasteiger partial charge in [0, 0.05) is 16.7 Å². The lowest BCUT2D eigenvalue weighted by molar-refractivity contribution is -0.384. The van der Waals surface area contributed by atoms with Crippen molar-refractivity contribution in [3.63, 3.8) is 0 Å². The number of ether oxygens (including phenoxy) is 1. The minimum absolute atomic E-state index is 0.00187. The maximum Gasteiger partial charge on any atom is 0.277 e. The van der Waals surface area contributed by atoms with Gasteiger partial charge < -0.3 is 4.74 Å². The molecule has 4 nitrogen and oxygen atoms in total. The third kappa shape index (κ3) is 2.49. The maximum absolute atomic E-state index is 11.3. The molecule has 3 rings (SSSR count). The number of halogens is 1. The minimum atomic E-state index is -0.416. The number of hydrogen-bond donors (Lipinski definition) is 0. The van der Waals surface area contributed by atoms with E-state index in [1.165, 1.54) is 12.1 Å². The van der Waals surface area contributed by atoms with Gasteiger partial charge in [-0.15, -0.1) is 0 Å². The molecule has 110 valence electrons. The number of nitrogens with zero attached hydrogens (tertiary/aromatic N) is 1. The fourth-order valence-electron chi connectivity index (χ4n) is 2.48. The Morgan fingerprint density at radius 2 is 1.68 bits per heavy atom. The maximum atomic E-state index is 11.3. The molecule has 0 aliphatic heterocycles. The molecule has 0 amide bonds. The Morgan fingerprint density at radius 3 is 2.32 bits per heavy atom. The summed E-state index contributed by atoms with van der Waals surface area (Å²) in [6, 6.07) is 16.0. The van der Waals surface area contributed by atoms with Crippen molar-refractivity contribution in [2.24, 2.45) is 0 Å². The third-order valence-corrected chi connectivity index (χ3v) is 3.75. The standard InChI is InChI=1S/C17H12ClNO3/c1-22-17-9-12-5-3-2-4-11(12)8-15(17)14-10-13(18)6-7-16(14)19(20)21/h2-10H,1H3. The molecule has 0 spiro atoms. The van der Waals surface area contributed by atoms with Gasteiger partial charge in [-0.2, -0.15) is 0 Å². The van der Waals surface area contributed by atoms with E-state index in [1.54, 1.807) is 13.2 Å². The van der Waals surface area contributed by atoms with E-state index in [4.69, 9.17) is 16.3 Å². The van der Waals surface area contributed by atoms with E-state index in [9.17, 15) is 10.1 Å². The fraction of sp³-hybridized carbons (Fsp3) is 0.0588. The molecule has 22 heavy (non-hydrogen) atoms. The van der Waals surface area contributed by atoms with Crippen LogP contribution in [0, 0.1) is 10.1 Å². The van der Waals surface area contributed by atoms with Gasteiger partial charge in [-0.1, -0.05) is 35.9 Å². The summed E-state index contributed by atoms with van der Waals surface area (Å²) >= 11 is 6.02. The third-order valence-electron chi connectivity index (χ3n) is 3.51. The van der Waals surface area contributed by atoms with Crippen LogP contribution in [-0.4, -0.2) is 12.0 Å². The van der Waals surface area contributed by atoms with Crippen molar-refractivity contribution >= 4 is 28.1 Å².